The quantitative estimate of drug-likeness (QED) is 0.804. The summed E-state index contributed by atoms with van der Waals surface area (Å²) in [4.78, 5) is 22.2. The van der Waals surface area contributed by atoms with Crippen molar-refractivity contribution in [3.8, 4) is 6.07 Å². The molecule has 1 amide bonds. The minimum absolute atomic E-state index is 0.0425. The molecule has 6 heteroatoms. The average Bonchev–Trinajstić information content (AvgIpc) is 2.38. The van der Waals surface area contributed by atoms with Gasteiger partial charge in [-0.3, -0.25) is 9.59 Å². The van der Waals surface area contributed by atoms with Gasteiger partial charge in [0, 0.05) is 10.9 Å². The molecular formula is C14H16N2O3S. The Hall–Kier alpha value is -2.00. The molecule has 1 aromatic carbocycles. The lowest BCUT2D eigenvalue weighted by Crippen LogP contribution is -2.16. The molecule has 0 heterocycles. The van der Waals surface area contributed by atoms with Crippen molar-refractivity contribution in [2.75, 3.05) is 11.1 Å². The Kier molecular flexibility index (Phi) is 6.60. The summed E-state index contributed by atoms with van der Waals surface area (Å²) in [5.74, 6) is -0.812. The van der Waals surface area contributed by atoms with E-state index in [9.17, 15) is 9.59 Å². The standard InChI is InChI=1S/C14H16N2O3S/c1-10(8-14(18)19)20-9-13(17)16-12-4-2-11(3-5-12)6-7-15/h2-5,10H,6,8-9H2,1H3,(H,16,17)(H,18,19). The summed E-state index contributed by atoms with van der Waals surface area (Å²) < 4.78 is 0. The molecule has 2 N–H and O–H groups in total. The monoisotopic (exact) mass is 292 g/mol. The van der Waals surface area contributed by atoms with Crippen molar-refractivity contribution in [3.63, 3.8) is 0 Å². The van der Waals surface area contributed by atoms with Gasteiger partial charge in [-0.15, -0.1) is 11.8 Å². The van der Waals surface area contributed by atoms with E-state index >= 15 is 0 Å². The molecule has 1 rings (SSSR count). The number of amides is 1. The van der Waals surface area contributed by atoms with Crippen LogP contribution in [-0.4, -0.2) is 28.0 Å². The number of carboxylic acids is 1. The third-order valence-corrected chi connectivity index (χ3v) is 3.65. The molecule has 0 fully saturated rings. The Balaban J connectivity index is 2.38. The van der Waals surface area contributed by atoms with Gasteiger partial charge < -0.3 is 10.4 Å². The molecule has 106 valence electrons. The molecule has 0 bridgehead atoms. The number of aliphatic carboxylic acids is 1. The lowest BCUT2D eigenvalue weighted by atomic mass is 10.1. The number of nitrogens with zero attached hydrogens (tertiary/aromatic N) is 1. The Morgan fingerprint density at radius 1 is 1.40 bits per heavy atom. The van der Waals surface area contributed by atoms with Crippen LogP contribution in [0.4, 0.5) is 5.69 Å². The smallest absolute Gasteiger partial charge is 0.304 e. The largest absolute Gasteiger partial charge is 0.481 e. The maximum absolute atomic E-state index is 11.7. The number of nitrogens with one attached hydrogen (secondary N) is 1. The van der Waals surface area contributed by atoms with Crippen molar-refractivity contribution >= 4 is 29.3 Å². The molecule has 0 saturated carbocycles. The molecule has 0 radical (unpaired) electrons. The second-order valence-electron chi connectivity index (χ2n) is 4.30. The van der Waals surface area contributed by atoms with Crippen LogP contribution in [0.2, 0.25) is 0 Å². The topological polar surface area (TPSA) is 90.2 Å². The number of anilines is 1. The zero-order chi connectivity index (χ0) is 15.0. The summed E-state index contributed by atoms with van der Waals surface area (Å²) in [5.41, 5.74) is 1.57. The summed E-state index contributed by atoms with van der Waals surface area (Å²) in [6.45, 7) is 1.78. The fraction of sp³-hybridized carbons (Fsp3) is 0.357. The van der Waals surface area contributed by atoms with E-state index in [0.29, 0.717) is 12.1 Å². The number of nitriles is 1. The number of benzene rings is 1. The molecule has 0 aliphatic carbocycles. The molecule has 1 aromatic rings. The second-order valence-corrected chi connectivity index (χ2v) is 5.73. The normalized spacial score (nSPS) is 11.4. The van der Waals surface area contributed by atoms with Gasteiger partial charge >= 0.3 is 5.97 Å². The fourth-order valence-electron chi connectivity index (χ4n) is 1.52. The van der Waals surface area contributed by atoms with Crippen molar-refractivity contribution in [2.45, 2.75) is 25.0 Å². The maximum atomic E-state index is 11.7. The minimum atomic E-state index is -0.863. The van der Waals surface area contributed by atoms with Crippen molar-refractivity contribution in [1.29, 1.82) is 5.26 Å². The van der Waals surface area contributed by atoms with Gasteiger partial charge in [0.25, 0.3) is 0 Å². The molecule has 0 saturated heterocycles. The van der Waals surface area contributed by atoms with E-state index in [1.165, 1.54) is 11.8 Å². The van der Waals surface area contributed by atoms with E-state index in [1.54, 1.807) is 31.2 Å². The number of carbonyl (C=O) groups is 2. The summed E-state index contributed by atoms with van der Waals surface area (Å²) in [6, 6.07) is 9.13. The molecule has 0 aliphatic rings. The minimum Gasteiger partial charge on any atom is -0.481 e. The lowest BCUT2D eigenvalue weighted by molar-refractivity contribution is -0.136. The van der Waals surface area contributed by atoms with E-state index in [-0.39, 0.29) is 23.3 Å². The number of rotatable bonds is 7. The van der Waals surface area contributed by atoms with Gasteiger partial charge in [-0.05, 0) is 17.7 Å². The molecule has 20 heavy (non-hydrogen) atoms. The van der Waals surface area contributed by atoms with Crippen LogP contribution in [0.25, 0.3) is 0 Å². The van der Waals surface area contributed by atoms with Gasteiger partial charge in [-0.25, -0.2) is 0 Å². The third kappa shape index (κ3) is 6.25. The predicted molar refractivity (Wildman–Crippen MR) is 78.6 cm³/mol. The number of hydrogen-bond acceptors (Lipinski definition) is 4. The SMILES string of the molecule is CC(CC(=O)O)SCC(=O)Nc1ccc(CC#N)cc1. The highest BCUT2D eigenvalue weighted by molar-refractivity contribution is 8.00. The fourth-order valence-corrected chi connectivity index (χ4v) is 2.29. The van der Waals surface area contributed by atoms with Crippen LogP contribution >= 0.6 is 11.8 Å². The number of hydrogen-bond donors (Lipinski definition) is 2. The van der Waals surface area contributed by atoms with Crippen molar-refractivity contribution in [3.05, 3.63) is 29.8 Å². The third-order valence-electron chi connectivity index (χ3n) is 2.48. The first-order valence-electron chi connectivity index (χ1n) is 6.10. The average molecular weight is 292 g/mol. The summed E-state index contributed by atoms with van der Waals surface area (Å²) in [5, 5.41) is 19.8. The van der Waals surface area contributed by atoms with E-state index < -0.39 is 5.97 Å². The highest BCUT2D eigenvalue weighted by atomic mass is 32.2. The highest BCUT2D eigenvalue weighted by Gasteiger charge is 2.10. The van der Waals surface area contributed by atoms with Crippen LogP contribution in [0.1, 0.15) is 18.9 Å². The highest BCUT2D eigenvalue weighted by Crippen LogP contribution is 2.15. The number of carbonyl (C=O) groups excluding carboxylic acids is 1. The Labute approximate surface area is 122 Å². The van der Waals surface area contributed by atoms with Crippen molar-refractivity contribution < 1.29 is 14.7 Å². The first-order valence-corrected chi connectivity index (χ1v) is 7.15. The predicted octanol–water partition coefficient (Wildman–Crippen LogP) is 2.29. The number of thioether (sulfide) groups is 1. The summed E-state index contributed by atoms with van der Waals surface area (Å²) in [6.07, 6.45) is 0.386. The van der Waals surface area contributed by atoms with Crippen LogP contribution in [-0.2, 0) is 16.0 Å². The van der Waals surface area contributed by atoms with E-state index in [0.717, 1.165) is 5.56 Å². The second kappa shape index (κ2) is 8.23. The Morgan fingerprint density at radius 3 is 2.60 bits per heavy atom. The van der Waals surface area contributed by atoms with Gasteiger partial charge in [0.1, 0.15) is 0 Å². The molecule has 1 atom stereocenters. The molecule has 1 unspecified atom stereocenters. The first-order chi connectivity index (χ1) is 9.51. The number of carboxylic acid groups (broad SMARTS) is 1. The zero-order valence-corrected chi connectivity index (χ0v) is 11.9. The first kappa shape index (κ1) is 16.1. The van der Waals surface area contributed by atoms with Gasteiger partial charge in [-0.1, -0.05) is 19.1 Å². The maximum Gasteiger partial charge on any atom is 0.304 e. The molecule has 0 aromatic heterocycles. The van der Waals surface area contributed by atoms with Crippen LogP contribution in [0.5, 0.6) is 0 Å². The van der Waals surface area contributed by atoms with Gasteiger partial charge in [-0.2, -0.15) is 5.26 Å². The van der Waals surface area contributed by atoms with Crippen LogP contribution in [0, 0.1) is 11.3 Å². The molecule has 0 aliphatic heterocycles. The lowest BCUT2D eigenvalue weighted by Gasteiger charge is -2.09. The summed E-state index contributed by atoms with van der Waals surface area (Å²) in [7, 11) is 0. The van der Waals surface area contributed by atoms with Gasteiger partial charge in [0.15, 0.2) is 0 Å². The Bertz CT molecular complexity index is 508. The van der Waals surface area contributed by atoms with Gasteiger partial charge in [0.2, 0.25) is 5.91 Å². The molecule has 5 nitrogen and oxygen atoms in total. The zero-order valence-electron chi connectivity index (χ0n) is 11.1. The molecule has 0 spiro atoms. The van der Waals surface area contributed by atoms with Crippen LogP contribution < -0.4 is 5.32 Å². The van der Waals surface area contributed by atoms with Crippen molar-refractivity contribution in [2.24, 2.45) is 0 Å². The van der Waals surface area contributed by atoms with Gasteiger partial charge in [0.05, 0.1) is 24.7 Å². The van der Waals surface area contributed by atoms with E-state index in [4.69, 9.17) is 10.4 Å². The van der Waals surface area contributed by atoms with Crippen LogP contribution in [0.3, 0.4) is 0 Å². The van der Waals surface area contributed by atoms with E-state index in [1.807, 2.05) is 0 Å². The van der Waals surface area contributed by atoms with E-state index in [2.05, 4.69) is 11.4 Å². The molecular weight excluding hydrogens is 276 g/mol. The summed E-state index contributed by atoms with van der Waals surface area (Å²) >= 11 is 1.31. The van der Waals surface area contributed by atoms with Crippen molar-refractivity contribution in [1.82, 2.24) is 0 Å². The Morgan fingerprint density at radius 2 is 2.05 bits per heavy atom. The van der Waals surface area contributed by atoms with Crippen LogP contribution in [0.15, 0.2) is 24.3 Å².